The molecule has 0 aromatic heterocycles. The Balaban J connectivity index is 1.50. The standard InChI is InChI=1S/C22H28Cl2N2O2/c1-27-21(17-3-7-19(23)8-4-17)15-25-11-13-26(14-12-25)16-22(28-2)18-5-9-20(24)10-6-18/h3-10,21-22H,11-16H2,1-2H3. The number of hydrogen-bond acceptors (Lipinski definition) is 4. The molecule has 3 rings (SSSR count). The van der Waals surface area contributed by atoms with Crippen molar-refractivity contribution in [3.63, 3.8) is 0 Å². The van der Waals surface area contributed by atoms with E-state index in [1.165, 1.54) is 0 Å². The Morgan fingerprint density at radius 3 is 1.29 bits per heavy atom. The van der Waals surface area contributed by atoms with Crippen LogP contribution in [-0.4, -0.2) is 63.3 Å². The fourth-order valence-electron chi connectivity index (χ4n) is 3.61. The van der Waals surface area contributed by atoms with Crippen molar-refractivity contribution in [3.05, 3.63) is 69.7 Å². The van der Waals surface area contributed by atoms with Crippen molar-refractivity contribution in [1.82, 2.24) is 9.80 Å². The minimum atomic E-state index is 0.0598. The van der Waals surface area contributed by atoms with Crippen LogP contribution in [0.3, 0.4) is 0 Å². The highest BCUT2D eigenvalue weighted by atomic mass is 35.5. The molecule has 6 heteroatoms. The maximum absolute atomic E-state index is 6.00. The van der Waals surface area contributed by atoms with Gasteiger partial charge in [-0.1, -0.05) is 47.5 Å². The van der Waals surface area contributed by atoms with Crippen LogP contribution >= 0.6 is 23.2 Å². The van der Waals surface area contributed by atoms with Gasteiger partial charge in [0.15, 0.2) is 0 Å². The Labute approximate surface area is 177 Å². The normalized spacial score (nSPS) is 18.1. The Morgan fingerprint density at radius 1 is 0.679 bits per heavy atom. The molecule has 0 saturated carbocycles. The average Bonchev–Trinajstić information content (AvgIpc) is 2.73. The average molecular weight is 423 g/mol. The third-order valence-electron chi connectivity index (χ3n) is 5.37. The van der Waals surface area contributed by atoms with Crippen LogP contribution in [0.5, 0.6) is 0 Å². The van der Waals surface area contributed by atoms with Gasteiger partial charge in [0.1, 0.15) is 0 Å². The molecule has 2 aromatic rings. The number of ether oxygens (including phenoxy) is 2. The highest BCUT2D eigenvalue weighted by molar-refractivity contribution is 6.30. The van der Waals surface area contributed by atoms with Gasteiger partial charge in [0.2, 0.25) is 0 Å². The molecule has 0 aliphatic carbocycles. The van der Waals surface area contributed by atoms with Gasteiger partial charge >= 0.3 is 0 Å². The molecule has 0 amide bonds. The number of piperazine rings is 1. The highest BCUT2D eigenvalue weighted by Gasteiger charge is 2.23. The van der Waals surface area contributed by atoms with Gasteiger partial charge in [0, 0.05) is 63.5 Å². The first-order valence-electron chi connectivity index (χ1n) is 9.60. The molecule has 1 fully saturated rings. The van der Waals surface area contributed by atoms with Crippen LogP contribution in [-0.2, 0) is 9.47 Å². The molecule has 0 radical (unpaired) electrons. The fourth-order valence-corrected chi connectivity index (χ4v) is 3.86. The van der Waals surface area contributed by atoms with Crippen LogP contribution in [0.15, 0.2) is 48.5 Å². The Hall–Kier alpha value is -1.14. The van der Waals surface area contributed by atoms with Crippen LogP contribution in [0.25, 0.3) is 0 Å². The lowest BCUT2D eigenvalue weighted by molar-refractivity contribution is 0.0196. The van der Waals surface area contributed by atoms with E-state index in [9.17, 15) is 0 Å². The van der Waals surface area contributed by atoms with E-state index in [4.69, 9.17) is 32.7 Å². The van der Waals surface area contributed by atoms with Crippen LogP contribution in [0, 0.1) is 0 Å². The van der Waals surface area contributed by atoms with Gasteiger partial charge < -0.3 is 9.47 Å². The number of hydrogen-bond donors (Lipinski definition) is 0. The zero-order chi connectivity index (χ0) is 19.9. The predicted molar refractivity (Wildman–Crippen MR) is 115 cm³/mol. The Kier molecular flexibility index (Phi) is 8.15. The number of methoxy groups -OCH3 is 2. The molecule has 28 heavy (non-hydrogen) atoms. The van der Waals surface area contributed by atoms with Crippen LogP contribution in [0.2, 0.25) is 10.0 Å². The molecule has 1 saturated heterocycles. The molecular formula is C22H28Cl2N2O2. The van der Waals surface area contributed by atoms with Gasteiger partial charge in [-0.2, -0.15) is 0 Å². The van der Waals surface area contributed by atoms with E-state index in [1.54, 1.807) is 14.2 Å². The summed E-state index contributed by atoms with van der Waals surface area (Å²) in [5.74, 6) is 0. The first-order chi connectivity index (χ1) is 13.6. The summed E-state index contributed by atoms with van der Waals surface area (Å²) in [5, 5.41) is 1.50. The first kappa shape index (κ1) is 21.6. The minimum Gasteiger partial charge on any atom is -0.375 e. The Morgan fingerprint density at radius 2 is 1.00 bits per heavy atom. The molecule has 0 bridgehead atoms. The SMILES string of the molecule is COC(CN1CCN(CC(OC)c2ccc(Cl)cc2)CC1)c1ccc(Cl)cc1. The molecule has 2 aromatic carbocycles. The molecule has 1 aliphatic rings. The lowest BCUT2D eigenvalue weighted by Gasteiger charge is -2.37. The molecule has 2 unspecified atom stereocenters. The quantitative estimate of drug-likeness (QED) is 0.615. The van der Waals surface area contributed by atoms with Gasteiger partial charge in [-0.15, -0.1) is 0 Å². The highest BCUT2D eigenvalue weighted by Crippen LogP contribution is 2.23. The van der Waals surface area contributed by atoms with Crippen molar-refractivity contribution in [2.75, 3.05) is 53.5 Å². The van der Waals surface area contributed by atoms with E-state index >= 15 is 0 Å². The summed E-state index contributed by atoms with van der Waals surface area (Å²) in [4.78, 5) is 4.92. The van der Waals surface area contributed by atoms with E-state index in [-0.39, 0.29) is 12.2 Å². The predicted octanol–water partition coefficient (Wildman–Crippen LogP) is 4.69. The molecule has 0 spiro atoms. The maximum Gasteiger partial charge on any atom is 0.0947 e. The van der Waals surface area contributed by atoms with E-state index in [0.717, 1.165) is 60.4 Å². The van der Waals surface area contributed by atoms with Crippen molar-refractivity contribution < 1.29 is 9.47 Å². The van der Waals surface area contributed by atoms with Crippen molar-refractivity contribution in [2.45, 2.75) is 12.2 Å². The second-order valence-corrected chi connectivity index (χ2v) is 8.03. The summed E-state index contributed by atoms with van der Waals surface area (Å²) in [6, 6.07) is 15.9. The van der Waals surface area contributed by atoms with Gasteiger partial charge in [-0.25, -0.2) is 0 Å². The molecule has 2 atom stereocenters. The van der Waals surface area contributed by atoms with Gasteiger partial charge in [-0.05, 0) is 35.4 Å². The summed E-state index contributed by atoms with van der Waals surface area (Å²) in [5.41, 5.74) is 2.33. The van der Waals surface area contributed by atoms with Crippen LogP contribution < -0.4 is 0 Å². The van der Waals surface area contributed by atoms with E-state index in [0.29, 0.717) is 0 Å². The summed E-state index contributed by atoms with van der Waals surface area (Å²) in [6.07, 6.45) is 0.120. The summed E-state index contributed by atoms with van der Waals surface area (Å²) < 4.78 is 11.5. The van der Waals surface area contributed by atoms with Crippen molar-refractivity contribution in [1.29, 1.82) is 0 Å². The van der Waals surface area contributed by atoms with E-state index < -0.39 is 0 Å². The first-order valence-corrected chi connectivity index (χ1v) is 10.4. The second-order valence-electron chi connectivity index (χ2n) is 7.15. The molecule has 4 nitrogen and oxygen atoms in total. The van der Waals surface area contributed by atoms with Crippen LogP contribution in [0.4, 0.5) is 0 Å². The van der Waals surface area contributed by atoms with Gasteiger partial charge in [-0.3, -0.25) is 9.80 Å². The second kappa shape index (κ2) is 10.6. The molecule has 1 aliphatic heterocycles. The maximum atomic E-state index is 6.00. The zero-order valence-corrected chi connectivity index (χ0v) is 18.0. The minimum absolute atomic E-state index is 0.0598. The lowest BCUT2D eigenvalue weighted by atomic mass is 10.1. The lowest BCUT2D eigenvalue weighted by Crippen LogP contribution is -2.48. The van der Waals surface area contributed by atoms with E-state index in [1.807, 2.05) is 48.5 Å². The zero-order valence-electron chi connectivity index (χ0n) is 16.5. The van der Waals surface area contributed by atoms with Gasteiger partial charge in [0.05, 0.1) is 12.2 Å². The van der Waals surface area contributed by atoms with Crippen LogP contribution in [0.1, 0.15) is 23.3 Å². The van der Waals surface area contributed by atoms with Crippen molar-refractivity contribution >= 4 is 23.2 Å². The van der Waals surface area contributed by atoms with E-state index in [2.05, 4.69) is 9.80 Å². The Bertz CT molecular complexity index is 653. The molecular weight excluding hydrogens is 395 g/mol. The number of nitrogens with zero attached hydrogens (tertiary/aromatic N) is 2. The molecule has 0 N–H and O–H groups in total. The summed E-state index contributed by atoms with van der Waals surface area (Å²) in [6.45, 7) is 5.84. The third kappa shape index (κ3) is 5.93. The summed E-state index contributed by atoms with van der Waals surface area (Å²) in [7, 11) is 3.54. The fraction of sp³-hybridized carbons (Fsp3) is 0.455. The van der Waals surface area contributed by atoms with Crippen molar-refractivity contribution in [3.8, 4) is 0 Å². The number of halogens is 2. The smallest absolute Gasteiger partial charge is 0.0947 e. The van der Waals surface area contributed by atoms with Crippen molar-refractivity contribution in [2.24, 2.45) is 0 Å². The number of benzene rings is 2. The topological polar surface area (TPSA) is 24.9 Å². The molecule has 1 heterocycles. The summed E-state index contributed by atoms with van der Waals surface area (Å²) >= 11 is 12.0. The monoisotopic (exact) mass is 422 g/mol. The molecule has 152 valence electrons. The van der Waals surface area contributed by atoms with Gasteiger partial charge in [0.25, 0.3) is 0 Å². The largest absolute Gasteiger partial charge is 0.375 e. The number of rotatable bonds is 8. The third-order valence-corrected chi connectivity index (χ3v) is 5.87.